The lowest BCUT2D eigenvalue weighted by Crippen LogP contribution is -2.45. The highest BCUT2D eigenvalue weighted by atomic mass is 32.2. The summed E-state index contributed by atoms with van der Waals surface area (Å²) in [6.07, 6.45) is 3.39. The molecule has 0 aliphatic carbocycles. The van der Waals surface area contributed by atoms with Crippen molar-refractivity contribution in [3.8, 4) is 17.3 Å². The summed E-state index contributed by atoms with van der Waals surface area (Å²) in [5, 5.41) is 12.5. The number of benzene rings is 2. The molecule has 1 amide bonds. The highest BCUT2D eigenvalue weighted by Gasteiger charge is 2.34. The number of thioether (sulfide) groups is 1. The van der Waals surface area contributed by atoms with Crippen LogP contribution < -0.4 is 5.32 Å². The van der Waals surface area contributed by atoms with Crippen LogP contribution in [-0.4, -0.2) is 46.2 Å². The predicted molar refractivity (Wildman–Crippen MR) is 131 cm³/mol. The van der Waals surface area contributed by atoms with Gasteiger partial charge < -0.3 is 14.5 Å². The Hall–Kier alpha value is -3.36. The molecule has 2 aromatic carbocycles. The van der Waals surface area contributed by atoms with Crippen molar-refractivity contribution in [2.45, 2.75) is 23.4 Å². The SMILES string of the molecule is O=C(CSc1nnc(-c2ccco2)n1-c1ccccc1)NCC1(c2ccccc2)CCOCC1. The molecule has 34 heavy (non-hydrogen) atoms. The van der Waals surface area contributed by atoms with Gasteiger partial charge in [-0.05, 0) is 42.7 Å². The normalized spacial score (nSPS) is 15.2. The quantitative estimate of drug-likeness (QED) is 0.379. The first-order valence-electron chi connectivity index (χ1n) is 11.3. The molecule has 1 aliphatic rings. The summed E-state index contributed by atoms with van der Waals surface area (Å²) in [5.74, 6) is 1.43. The van der Waals surface area contributed by atoms with Gasteiger partial charge in [-0.2, -0.15) is 0 Å². The summed E-state index contributed by atoms with van der Waals surface area (Å²) in [5.41, 5.74) is 2.06. The molecule has 174 valence electrons. The Morgan fingerprint density at radius 2 is 1.71 bits per heavy atom. The largest absolute Gasteiger partial charge is 0.461 e. The van der Waals surface area contributed by atoms with E-state index < -0.39 is 0 Å². The zero-order valence-corrected chi connectivity index (χ0v) is 19.5. The van der Waals surface area contributed by atoms with Crippen LogP contribution in [0, 0.1) is 0 Å². The van der Waals surface area contributed by atoms with Crippen molar-refractivity contribution >= 4 is 17.7 Å². The third-order valence-corrected chi connectivity index (χ3v) is 7.11. The topological polar surface area (TPSA) is 82.2 Å². The minimum atomic E-state index is -0.101. The second kappa shape index (κ2) is 10.3. The lowest BCUT2D eigenvalue weighted by Gasteiger charge is -2.38. The summed E-state index contributed by atoms with van der Waals surface area (Å²) in [7, 11) is 0. The van der Waals surface area contributed by atoms with Gasteiger partial charge in [-0.3, -0.25) is 9.36 Å². The van der Waals surface area contributed by atoms with Gasteiger partial charge in [0.2, 0.25) is 11.7 Å². The molecule has 1 fully saturated rings. The van der Waals surface area contributed by atoms with E-state index in [0.29, 0.717) is 36.5 Å². The molecule has 5 rings (SSSR count). The molecule has 0 radical (unpaired) electrons. The Labute approximate surface area is 202 Å². The Morgan fingerprint density at radius 3 is 2.41 bits per heavy atom. The van der Waals surface area contributed by atoms with Crippen LogP contribution in [0.4, 0.5) is 0 Å². The van der Waals surface area contributed by atoms with Crippen LogP contribution in [-0.2, 0) is 14.9 Å². The molecular formula is C26H26N4O3S. The third kappa shape index (κ3) is 4.78. The molecule has 0 saturated carbocycles. The minimum absolute atomic E-state index is 0.0334. The first-order chi connectivity index (χ1) is 16.8. The number of hydrogen-bond acceptors (Lipinski definition) is 6. The number of ether oxygens (including phenoxy) is 1. The standard InChI is InChI=1S/C26H26N4O3S/c31-23(27-19-26(13-16-32-17-14-26)20-8-3-1-4-9-20)18-34-25-29-28-24(22-12-7-15-33-22)30(25)21-10-5-2-6-11-21/h1-12,15H,13-14,16-19H2,(H,27,31). The van der Waals surface area contributed by atoms with Gasteiger partial charge in [-0.15, -0.1) is 10.2 Å². The summed E-state index contributed by atoms with van der Waals surface area (Å²) < 4.78 is 13.1. The number of carbonyl (C=O) groups is 1. The van der Waals surface area contributed by atoms with E-state index in [0.717, 1.165) is 18.5 Å². The molecule has 0 spiro atoms. The average Bonchev–Trinajstić information content (AvgIpc) is 3.58. The van der Waals surface area contributed by atoms with E-state index >= 15 is 0 Å². The Morgan fingerprint density at radius 1 is 0.971 bits per heavy atom. The van der Waals surface area contributed by atoms with Gasteiger partial charge >= 0.3 is 0 Å². The molecule has 7 nitrogen and oxygen atoms in total. The summed E-state index contributed by atoms with van der Waals surface area (Å²) in [6.45, 7) is 1.99. The van der Waals surface area contributed by atoms with E-state index in [9.17, 15) is 4.79 Å². The zero-order chi connectivity index (χ0) is 23.2. The van der Waals surface area contributed by atoms with Crippen molar-refractivity contribution in [3.05, 3.63) is 84.6 Å². The molecule has 4 aromatic rings. The minimum Gasteiger partial charge on any atom is -0.461 e. The van der Waals surface area contributed by atoms with Crippen LogP contribution in [0.25, 0.3) is 17.3 Å². The zero-order valence-electron chi connectivity index (χ0n) is 18.7. The molecule has 2 aromatic heterocycles. The molecule has 3 heterocycles. The number of rotatable bonds is 8. The Balaban J connectivity index is 1.29. The van der Waals surface area contributed by atoms with Gasteiger partial charge in [0.1, 0.15) is 0 Å². The smallest absolute Gasteiger partial charge is 0.230 e. The van der Waals surface area contributed by atoms with E-state index in [-0.39, 0.29) is 17.1 Å². The average molecular weight is 475 g/mol. The lowest BCUT2D eigenvalue weighted by molar-refractivity contribution is -0.119. The van der Waals surface area contributed by atoms with E-state index in [1.54, 1.807) is 6.26 Å². The van der Waals surface area contributed by atoms with E-state index in [1.165, 1.54) is 17.3 Å². The van der Waals surface area contributed by atoms with Gasteiger partial charge in [0.25, 0.3) is 0 Å². The second-order valence-electron chi connectivity index (χ2n) is 8.28. The van der Waals surface area contributed by atoms with Crippen molar-refractivity contribution in [1.29, 1.82) is 0 Å². The summed E-state index contributed by atoms with van der Waals surface area (Å²) in [4.78, 5) is 12.9. The van der Waals surface area contributed by atoms with Gasteiger partial charge in [0.05, 0.1) is 12.0 Å². The van der Waals surface area contributed by atoms with E-state index in [2.05, 4.69) is 39.8 Å². The lowest BCUT2D eigenvalue weighted by atomic mass is 9.74. The van der Waals surface area contributed by atoms with E-state index in [4.69, 9.17) is 9.15 Å². The van der Waals surface area contributed by atoms with Crippen LogP contribution in [0.5, 0.6) is 0 Å². The maximum absolute atomic E-state index is 12.9. The predicted octanol–water partition coefficient (Wildman–Crippen LogP) is 4.48. The van der Waals surface area contributed by atoms with Crippen molar-refractivity contribution in [3.63, 3.8) is 0 Å². The number of nitrogens with zero attached hydrogens (tertiary/aromatic N) is 3. The number of para-hydroxylation sites is 1. The maximum atomic E-state index is 12.9. The second-order valence-corrected chi connectivity index (χ2v) is 9.22. The monoisotopic (exact) mass is 474 g/mol. The molecular weight excluding hydrogens is 448 g/mol. The molecule has 0 bridgehead atoms. The number of furan rings is 1. The van der Waals surface area contributed by atoms with Gasteiger partial charge in [-0.25, -0.2) is 0 Å². The number of nitrogens with one attached hydrogen (secondary N) is 1. The first-order valence-corrected chi connectivity index (χ1v) is 12.3. The highest BCUT2D eigenvalue weighted by Crippen LogP contribution is 2.34. The fourth-order valence-electron chi connectivity index (χ4n) is 4.31. The molecule has 0 atom stereocenters. The van der Waals surface area contributed by atoms with Crippen molar-refractivity contribution < 1.29 is 13.9 Å². The fraction of sp³-hybridized carbons (Fsp3) is 0.269. The van der Waals surface area contributed by atoms with E-state index in [1.807, 2.05) is 53.1 Å². The Kier molecular flexibility index (Phi) is 6.78. The van der Waals surface area contributed by atoms with Crippen molar-refractivity contribution in [1.82, 2.24) is 20.1 Å². The van der Waals surface area contributed by atoms with Crippen LogP contribution >= 0.6 is 11.8 Å². The van der Waals surface area contributed by atoms with Gasteiger partial charge in [0.15, 0.2) is 10.9 Å². The third-order valence-electron chi connectivity index (χ3n) is 6.18. The summed E-state index contributed by atoms with van der Waals surface area (Å²) >= 11 is 1.36. The molecule has 1 N–H and O–H groups in total. The molecule has 0 unspecified atom stereocenters. The highest BCUT2D eigenvalue weighted by molar-refractivity contribution is 7.99. The van der Waals surface area contributed by atoms with Crippen LogP contribution in [0.3, 0.4) is 0 Å². The molecule has 1 saturated heterocycles. The number of carbonyl (C=O) groups excluding carboxylic acids is 1. The summed E-state index contributed by atoms with van der Waals surface area (Å²) in [6, 6.07) is 23.9. The number of aromatic nitrogens is 3. The van der Waals surface area contributed by atoms with Crippen molar-refractivity contribution in [2.24, 2.45) is 0 Å². The number of amides is 1. The Bertz CT molecular complexity index is 1200. The number of hydrogen-bond donors (Lipinski definition) is 1. The van der Waals surface area contributed by atoms with Crippen LogP contribution in [0.1, 0.15) is 18.4 Å². The van der Waals surface area contributed by atoms with Gasteiger partial charge in [0, 0.05) is 30.9 Å². The molecule has 8 heteroatoms. The fourth-order valence-corrected chi connectivity index (χ4v) is 5.09. The maximum Gasteiger partial charge on any atom is 0.230 e. The van der Waals surface area contributed by atoms with Gasteiger partial charge in [-0.1, -0.05) is 60.3 Å². The van der Waals surface area contributed by atoms with Crippen LogP contribution in [0.2, 0.25) is 0 Å². The molecule has 1 aliphatic heterocycles. The van der Waals surface area contributed by atoms with Crippen molar-refractivity contribution in [2.75, 3.05) is 25.5 Å². The first kappa shape index (κ1) is 22.4. The van der Waals surface area contributed by atoms with Crippen LogP contribution in [0.15, 0.2) is 88.6 Å².